The quantitative estimate of drug-likeness (QED) is 0.235. The molecule has 2 N–H and O–H groups in total. The first-order valence-corrected chi connectivity index (χ1v) is 14.9. The molecule has 0 aliphatic rings. The van der Waals surface area contributed by atoms with Crippen molar-refractivity contribution in [3.05, 3.63) is 119 Å². The summed E-state index contributed by atoms with van der Waals surface area (Å²) in [5.41, 5.74) is 6.47. The summed E-state index contributed by atoms with van der Waals surface area (Å²) in [5.74, 6) is 0.0172. The maximum atomic E-state index is 13.5. The molecule has 214 valence electrons. The molecule has 1 unspecified atom stereocenters. The number of carbonyl (C=O) groups is 2. The van der Waals surface area contributed by atoms with Gasteiger partial charge in [0.2, 0.25) is 0 Å². The number of carboxylic acids is 1. The van der Waals surface area contributed by atoms with E-state index >= 15 is 0 Å². The van der Waals surface area contributed by atoms with Crippen molar-refractivity contribution in [2.45, 2.75) is 32.5 Å². The van der Waals surface area contributed by atoms with Crippen LogP contribution in [0.2, 0.25) is 0 Å². The number of aliphatic carboxylic acids is 1. The Labute approximate surface area is 266 Å². The largest absolute Gasteiger partial charge is 1.00 e. The Hall–Kier alpha value is -3.63. The number of anilines is 1. The monoisotopic (exact) mass is 576 g/mol. The molecule has 4 rings (SSSR count). The van der Waals surface area contributed by atoms with Gasteiger partial charge in [0.05, 0.1) is 7.11 Å². The second-order valence-corrected chi connectivity index (χ2v) is 10.9. The van der Waals surface area contributed by atoms with Gasteiger partial charge < -0.3 is 21.5 Å². The molecule has 0 radical (unpaired) electrons. The smallest absolute Gasteiger partial charge is 1.00 e. The normalized spacial score (nSPS) is 11.2. The number of aryl methyl sites for hydroxylation is 1. The Balaban J connectivity index is 0.00000323. The Morgan fingerprint density at radius 2 is 1.57 bits per heavy atom. The maximum Gasteiger partial charge on any atom is 1.00 e. The van der Waals surface area contributed by atoms with Crippen molar-refractivity contribution in [3.8, 4) is 16.9 Å². The Kier molecular flexibility index (Phi) is 12.6. The molecule has 0 aliphatic carbocycles. The first-order chi connectivity index (χ1) is 19.9. The van der Waals surface area contributed by atoms with E-state index < -0.39 is 12.0 Å². The fraction of sp³-hybridized carbons (Fsp3) is 0.235. The number of carbonyl (C=O) groups excluding carboxylic acids is 1. The van der Waals surface area contributed by atoms with E-state index in [-0.39, 0.29) is 26.2 Å². The van der Waals surface area contributed by atoms with Crippen LogP contribution in [0, 0.1) is 6.92 Å². The minimum absolute atomic E-state index is 0. The third-order valence-electron chi connectivity index (χ3n) is 7.01. The maximum absolute atomic E-state index is 13.5. The minimum atomic E-state index is -1.03. The van der Waals surface area contributed by atoms with Gasteiger partial charge in [-0.1, -0.05) is 60.7 Å². The number of ether oxygens (including phenoxy) is 1. The van der Waals surface area contributed by atoms with Gasteiger partial charge in [0.25, 0.3) is 5.91 Å². The predicted molar refractivity (Wildman–Crippen MR) is 169 cm³/mol. The zero-order valence-corrected chi connectivity index (χ0v) is 25.5. The molecule has 0 spiro atoms. The van der Waals surface area contributed by atoms with Gasteiger partial charge in [-0.15, -0.1) is 0 Å². The van der Waals surface area contributed by atoms with E-state index in [9.17, 15) is 14.7 Å². The van der Waals surface area contributed by atoms with Crippen LogP contribution in [-0.4, -0.2) is 42.1 Å². The molecule has 0 heterocycles. The van der Waals surface area contributed by atoms with Crippen LogP contribution in [0.15, 0.2) is 97.1 Å². The molecule has 4 aromatic rings. The van der Waals surface area contributed by atoms with Crippen LogP contribution in [0.3, 0.4) is 0 Å². The molecule has 1 amide bonds. The summed E-state index contributed by atoms with van der Waals surface area (Å²) in [5, 5.41) is 12.4. The summed E-state index contributed by atoms with van der Waals surface area (Å²) in [6, 6.07) is 31.1. The van der Waals surface area contributed by atoms with Crippen molar-refractivity contribution in [1.82, 2.24) is 5.32 Å². The third-order valence-corrected chi connectivity index (χ3v) is 7.65. The molecule has 42 heavy (non-hydrogen) atoms. The van der Waals surface area contributed by atoms with Gasteiger partial charge in [0.15, 0.2) is 0 Å². The van der Waals surface area contributed by atoms with Gasteiger partial charge in [-0.3, -0.25) is 4.79 Å². The topological polar surface area (TPSA) is 78.9 Å². The average Bonchev–Trinajstić information content (AvgIpc) is 2.99. The molecule has 0 saturated heterocycles. The molecule has 0 fully saturated rings. The molecule has 6 nitrogen and oxygen atoms in total. The Morgan fingerprint density at radius 3 is 2.21 bits per heavy atom. The van der Waals surface area contributed by atoms with E-state index in [0.29, 0.717) is 30.8 Å². The number of carboxylic acid groups (broad SMARTS) is 1. The Bertz CT molecular complexity index is 1470. The van der Waals surface area contributed by atoms with E-state index in [1.807, 2.05) is 92.0 Å². The number of benzene rings is 4. The fourth-order valence-corrected chi connectivity index (χ4v) is 5.24. The first kappa shape index (κ1) is 32.9. The number of nitrogens with zero attached hydrogens (tertiary/aromatic N) is 1. The van der Waals surface area contributed by atoms with Crippen LogP contribution in [0.1, 0.15) is 34.9 Å². The molecule has 0 aromatic heterocycles. The zero-order valence-electron chi connectivity index (χ0n) is 25.7. The van der Waals surface area contributed by atoms with Crippen molar-refractivity contribution < 1.29 is 39.7 Å². The number of thioether (sulfide) groups is 1. The number of amides is 1. The predicted octanol–water partition coefficient (Wildman–Crippen LogP) is 3.93. The summed E-state index contributed by atoms with van der Waals surface area (Å²) in [4.78, 5) is 27.6. The molecule has 0 saturated carbocycles. The summed E-state index contributed by atoms with van der Waals surface area (Å²) < 4.78 is 5.37. The number of rotatable bonds is 13. The molecule has 0 aliphatic heterocycles. The number of nitrogens with one attached hydrogen (secondary N) is 1. The van der Waals surface area contributed by atoms with Crippen LogP contribution in [-0.2, 0) is 17.9 Å². The number of hydrogen-bond acceptors (Lipinski definition) is 5. The van der Waals surface area contributed by atoms with E-state index in [1.165, 1.54) is 5.56 Å². The van der Waals surface area contributed by atoms with Crippen LogP contribution in [0.25, 0.3) is 11.1 Å². The fourth-order valence-electron chi connectivity index (χ4n) is 4.77. The molecule has 0 bridgehead atoms. The van der Waals surface area contributed by atoms with Crippen molar-refractivity contribution in [1.29, 1.82) is 0 Å². The summed E-state index contributed by atoms with van der Waals surface area (Å²) >= 11 is 1.55. The van der Waals surface area contributed by atoms with Gasteiger partial charge in [-0.05, 0) is 89.6 Å². The van der Waals surface area contributed by atoms with E-state index in [2.05, 4.69) is 28.4 Å². The van der Waals surface area contributed by atoms with Gasteiger partial charge >= 0.3 is 24.8 Å². The van der Waals surface area contributed by atoms with Crippen molar-refractivity contribution >= 4 is 29.3 Å². The molecular weight excluding hydrogens is 539 g/mol. The van der Waals surface area contributed by atoms with Crippen molar-refractivity contribution in [2.75, 3.05) is 24.0 Å². The van der Waals surface area contributed by atoms with Crippen LogP contribution >= 0.6 is 11.8 Å². The molecular formula is C34H37LiN2O4S. The second kappa shape index (κ2) is 16.1. The average molecular weight is 577 g/mol. The summed E-state index contributed by atoms with van der Waals surface area (Å²) in [6.07, 6.45) is 2.28. The Morgan fingerprint density at radius 1 is 0.905 bits per heavy atom. The zero-order chi connectivity index (χ0) is 29.2. The van der Waals surface area contributed by atoms with Gasteiger partial charge in [0.1, 0.15) is 11.8 Å². The van der Waals surface area contributed by atoms with Gasteiger partial charge in [0, 0.05) is 24.3 Å². The standard InChI is InChI=1S/C34H36N2O4S.Li.H/c1-24-9-7-8-12-29(24)31-21-26(13-18-30(31)33(37)35-32(34(38)39)19-20-41-3)23-36(22-25-10-5-4-6-11-25)27-14-16-28(40-2)17-15-27;;/h4-18,21,32H,19-20,22-23H2,1-3H3,(H,35,37)(H,38,39);;/q;+1;-1. The van der Waals surface area contributed by atoms with E-state index in [0.717, 1.165) is 33.7 Å². The van der Waals surface area contributed by atoms with Crippen molar-refractivity contribution in [3.63, 3.8) is 0 Å². The van der Waals surface area contributed by atoms with E-state index in [4.69, 9.17) is 4.74 Å². The van der Waals surface area contributed by atoms with Crippen LogP contribution in [0.5, 0.6) is 5.75 Å². The first-order valence-electron chi connectivity index (χ1n) is 13.5. The number of hydrogen-bond donors (Lipinski definition) is 2. The number of methoxy groups -OCH3 is 1. The van der Waals surface area contributed by atoms with Crippen LogP contribution in [0.4, 0.5) is 5.69 Å². The van der Waals surface area contributed by atoms with Crippen LogP contribution < -0.4 is 33.8 Å². The minimum Gasteiger partial charge on any atom is -1.00 e. The van der Waals surface area contributed by atoms with E-state index in [1.54, 1.807) is 18.9 Å². The SMILES string of the molecule is COc1ccc(N(Cc2ccccc2)Cc2ccc(C(=O)NC(CCSC)C(=O)O)c(-c3ccccc3C)c2)cc1.[H-].[Li+]. The molecule has 8 heteroatoms. The second-order valence-electron chi connectivity index (χ2n) is 9.88. The third kappa shape index (κ3) is 8.69. The molecule has 4 aromatic carbocycles. The summed E-state index contributed by atoms with van der Waals surface area (Å²) in [6.45, 7) is 3.32. The molecule has 1 atom stereocenters. The van der Waals surface area contributed by atoms with Gasteiger partial charge in [-0.25, -0.2) is 4.79 Å². The van der Waals surface area contributed by atoms with Gasteiger partial charge in [-0.2, -0.15) is 11.8 Å². The van der Waals surface area contributed by atoms with Crippen molar-refractivity contribution in [2.24, 2.45) is 0 Å². The summed E-state index contributed by atoms with van der Waals surface area (Å²) in [7, 11) is 1.66.